The van der Waals surface area contributed by atoms with E-state index in [1.165, 1.54) is 6.92 Å². The van der Waals surface area contributed by atoms with Crippen molar-refractivity contribution in [2.24, 2.45) is 5.92 Å². The Bertz CT molecular complexity index is 355. The molecule has 0 aromatic heterocycles. The van der Waals surface area contributed by atoms with Gasteiger partial charge in [-0.05, 0) is 19.4 Å². The van der Waals surface area contributed by atoms with Gasteiger partial charge in [-0.2, -0.15) is 0 Å². The molecule has 0 bridgehead atoms. The summed E-state index contributed by atoms with van der Waals surface area (Å²) in [6, 6.07) is 0. The van der Waals surface area contributed by atoms with Gasteiger partial charge in [-0.15, -0.1) is 0 Å². The summed E-state index contributed by atoms with van der Waals surface area (Å²) in [6.07, 6.45) is 1.21. The Balaban J connectivity index is 2.43. The number of halogens is 1. The molecule has 1 unspecified atom stereocenters. The summed E-state index contributed by atoms with van der Waals surface area (Å²) in [5.41, 5.74) is 0. The fraction of sp³-hybridized carbons (Fsp3) is 0.727. The van der Waals surface area contributed by atoms with Crippen molar-refractivity contribution in [3.8, 4) is 0 Å². The van der Waals surface area contributed by atoms with Crippen LogP contribution >= 0.6 is 23.4 Å². The quantitative estimate of drug-likeness (QED) is 0.364. The van der Waals surface area contributed by atoms with Crippen molar-refractivity contribution in [2.45, 2.75) is 31.7 Å². The highest BCUT2D eigenvalue weighted by molar-refractivity contribution is 8.13. The maximum Gasteiger partial charge on any atom is 0.349 e. The highest BCUT2D eigenvalue weighted by Gasteiger charge is 2.42. The molecule has 102 valence electrons. The maximum atomic E-state index is 11.7. The Morgan fingerprint density at radius 2 is 2.17 bits per heavy atom. The molecule has 0 aliphatic carbocycles. The summed E-state index contributed by atoms with van der Waals surface area (Å²) in [6.45, 7) is 3.65. The highest BCUT2D eigenvalue weighted by Crippen LogP contribution is 2.25. The monoisotopic (exact) mass is 293 g/mol. The fourth-order valence-corrected chi connectivity index (χ4v) is 2.35. The average molecular weight is 294 g/mol. The summed E-state index contributed by atoms with van der Waals surface area (Å²) in [4.78, 5) is 32.8. The van der Waals surface area contributed by atoms with Gasteiger partial charge < -0.3 is 4.74 Å². The van der Waals surface area contributed by atoms with Gasteiger partial charge in [0.2, 0.25) is 0 Å². The zero-order valence-corrected chi connectivity index (χ0v) is 11.9. The van der Waals surface area contributed by atoms with Crippen LogP contribution in [0.3, 0.4) is 0 Å². The third-order valence-electron chi connectivity index (χ3n) is 2.56. The molecule has 18 heavy (non-hydrogen) atoms. The van der Waals surface area contributed by atoms with Gasteiger partial charge in [0, 0.05) is 12.7 Å². The lowest BCUT2D eigenvalue weighted by molar-refractivity contribution is -0.164. The van der Waals surface area contributed by atoms with Gasteiger partial charge in [0.05, 0.1) is 5.92 Å². The lowest BCUT2D eigenvalue weighted by atomic mass is 10.2. The third kappa shape index (κ3) is 4.26. The summed E-state index contributed by atoms with van der Waals surface area (Å²) in [5, 5.41) is 2.73. The van der Waals surface area contributed by atoms with Crippen molar-refractivity contribution < 1.29 is 19.1 Å². The molecule has 0 aromatic rings. The number of carbonyl (C=O) groups excluding carboxylic acids is 3. The Hall–Kier alpha value is -0.590. The summed E-state index contributed by atoms with van der Waals surface area (Å²) in [5.74, 6) is -1.64. The van der Waals surface area contributed by atoms with Crippen LogP contribution in [0.2, 0.25) is 0 Å². The number of nitrogens with one attached hydrogen (secondary N) is 1. The lowest BCUT2D eigenvalue weighted by Gasteiger charge is -2.19. The van der Waals surface area contributed by atoms with Crippen molar-refractivity contribution in [3.05, 3.63) is 0 Å². The van der Waals surface area contributed by atoms with Gasteiger partial charge in [0.1, 0.15) is 0 Å². The molecule has 1 N–H and O–H groups in total. The number of ether oxygens (including phenoxy) is 1. The van der Waals surface area contributed by atoms with E-state index in [1.807, 2.05) is 0 Å². The first-order valence-electron chi connectivity index (χ1n) is 5.68. The minimum absolute atomic E-state index is 0.0766. The van der Waals surface area contributed by atoms with E-state index in [-0.39, 0.29) is 5.12 Å². The van der Waals surface area contributed by atoms with Crippen LogP contribution in [0, 0.1) is 5.92 Å². The van der Waals surface area contributed by atoms with Gasteiger partial charge in [-0.3, -0.25) is 14.9 Å². The molecule has 1 heterocycles. The van der Waals surface area contributed by atoms with Crippen molar-refractivity contribution in [2.75, 3.05) is 12.3 Å². The minimum Gasteiger partial charge on any atom is -0.391 e. The number of rotatable bonds is 4. The van der Waals surface area contributed by atoms with Crippen LogP contribution in [-0.4, -0.2) is 34.3 Å². The summed E-state index contributed by atoms with van der Waals surface area (Å²) >= 11 is 7.03. The van der Waals surface area contributed by atoms with E-state index >= 15 is 0 Å². The summed E-state index contributed by atoms with van der Waals surface area (Å²) in [7, 11) is 0. The molecule has 0 spiro atoms. The molecule has 0 saturated carbocycles. The molecule has 7 heteroatoms. The molecule has 2 atom stereocenters. The van der Waals surface area contributed by atoms with Gasteiger partial charge >= 0.3 is 11.9 Å². The zero-order chi connectivity index (χ0) is 13.8. The van der Waals surface area contributed by atoms with Crippen LogP contribution in [0.15, 0.2) is 0 Å². The number of hydrogen-bond donors (Lipinski definition) is 1. The van der Waals surface area contributed by atoms with Crippen LogP contribution in [0.1, 0.15) is 26.7 Å². The normalized spacial score (nSPS) is 24.6. The average Bonchev–Trinajstić information content (AvgIpc) is 2.74. The van der Waals surface area contributed by atoms with Crippen molar-refractivity contribution in [1.82, 2.24) is 5.32 Å². The molecule has 1 fully saturated rings. The van der Waals surface area contributed by atoms with Crippen molar-refractivity contribution >= 4 is 40.4 Å². The molecule has 1 aliphatic rings. The first-order chi connectivity index (χ1) is 8.35. The standard InChI is InChI=1S/C11H16ClNO4S/c1-7(6-18-8(2)14)9(15)17-10(16)11(12)4-3-5-13-11/h7,13H,3-6H2,1-2H3/t7?,11-/m0/s1. The first-order valence-corrected chi connectivity index (χ1v) is 7.05. The molecule has 5 nitrogen and oxygen atoms in total. The van der Waals surface area contributed by atoms with E-state index in [2.05, 4.69) is 5.32 Å². The SMILES string of the molecule is CC(=O)SCC(C)C(=O)OC(=O)[C@]1(Cl)CCCN1. The molecule has 1 aliphatic heterocycles. The summed E-state index contributed by atoms with van der Waals surface area (Å²) < 4.78 is 4.73. The van der Waals surface area contributed by atoms with Crippen LogP contribution in [0.4, 0.5) is 0 Å². The smallest absolute Gasteiger partial charge is 0.349 e. The Kier molecular flexibility index (Phi) is 5.62. The van der Waals surface area contributed by atoms with Crippen LogP contribution < -0.4 is 5.32 Å². The maximum absolute atomic E-state index is 11.7. The molecule has 0 radical (unpaired) electrons. The van der Waals surface area contributed by atoms with Gasteiger partial charge in [-0.25, -0.2) is 4.79 Å². The predicted octanol–water partition coefficient (Wildman–Crippen LogP) is 1.29. The number of carbonyl (C=O) groups is 3. The zero-order valence-electron chi connectivity index (χ0n) is 10.3. The van der Waals surface area contributed by atoms with Crippen LogP contribution in [0.5, 0.6) is 0 Å². The Labute approximate surface area is 115 Å². The highest BCUT2D eigenvalue weighted by atomic mass is 35.5. The van der Waals surface area contributed by atoms with E-state index in [4.69, 9.17) is 16.3 Å². The molecule has 1 rings (SSSR count). The van der Waals surface area contributed by atoms with E-state index in [0.717, 1.165) is 18.2 Å². The molecular formula is C11H16ClNO4S. The molecule has 1 saturated heterocycles. The van der Waals surface area contributed by atoms with Crippen LogP contribution in [-0.2, 0) is 19.1 Å². The van der Waals surface area contributed by atoms with Gasteiger partial charge in [0.15, 0.2) is 10.1 Å². The minimum atomic E-state index is -1.27. The second kappa shape index (κ2) is 6.54. The van der Waals surface area contributed by atoms with Crippen molar-refractivity contribution in [3.63, 3.8) is 0 Å². The van der Waals surface area contributed by atoms with E-state index in [0.29, 0.717) is 18.7 Å². The molecular weight excluding hydrogens is 278 g/mol. The topological polar surface area (TPSA) is 72.5 Å². The van der Waals surface area contributed by atoms with E-state index in [9.17, 15) is 14.4 Å². The number of alkyl halides is 1. The number of esters is 2. The molecule has 0 amide bonds. The Morgan fingerprint density at radius 1 is 1.50 bits per heavy atom. The largest absolute Gasteiger partial charge is 0.391 e. The van der Waals surface area contributed by atoms with Gasteiger partial charge in [0.25, 0.3) is 0 Å². The Morgan fingerprint density at radius 3 is 2.67 bits per heavy atom. The molecule has 0 aromatic carbocycles. The fourth-order valence-electron chi connectivity index (χ4n) is 1.46. The van der Waals surface area contributed by atoms with Crippen LogP contribution in [0.25, 0.3) is 0 Å². The predicted molar refractivity (Wildman–Crippen MR) is 69.2 cm³/mol. The van der Waals surface area contributed by atoms with Crippen molar-refractivity contribution in [1.29, 1.82) is 0 Å². The second-order valence-electron chi connectivity index (χ2n) is 4.24. The van der Waals surface area contributed by atoms with E-state index in [1.54, 1.807) is 6.92 Å². The first kappa shape index (κ1) is 15.5. The number of thioether (sulfide) groups is 1. The van der Waals surface area contributed by atoms with E-state index < -0.39 is 22.9 Å². The number of hydrogen-bond acceptors (Lipinski definition) is 6. The lowest BCUT2D eigenvalue weighted by Crippen LogP contribution is -2.44. The third-order valence-corrected chi connectivity index (χ3v) is 4.11. The van der Waals surface area contributed by atoms with Gasteiger partial charge in [-0.1, -0.05) is 30.3 Å². The second-order valence-corrected chi connectivity index (χ2v) is 6.09.